The van der Waals surface area contributed by atoms with Gasteiger partial charge in [0.1, 0.15) is 11.8 Å². The highest BCUT2D eigenvalue weighted by Crippen LogP contribution is 2.28. The van der Waals surface area contributed by atoms with Gasteiger partial charge in [0.2, 0.25) is 15.9 Å². The highest BCUT2D eigenvalue weighted by Gasteiger charge is 2.44. The number of carbonyl (C=O) groups is 3. The second kappa shape index (κ2) is 10.0. The molecule has 11 heteroatoms. The Labute approximate surface area is 202 Å². The average molecular weight is 495 g/mol. The Bertz CT molecular complexity index is 1330. The van der Waals surface area contributed by atoms with Crippen molar-refractivity contribution in [2.24, 2.45) is 5.14 Å². The number of nitrogens with zero attached hydrogens (tertiary/aromatic N) is 3. The summed E-state index contributed by atoms with van der Waals surface area (Å²) in [5.41, 5.74) is 0.862. The molecular weight excluding hydrogens is 472 g/mol. The minimum Gasteiger partial charge on any atom is -0.484 e. The Balaban J connectivity index is 1.58. The molecule has 0 spiro atoms. The van der Waals surface area contributed by atoms with Crippen molar-refractivity contribution in [3.05, 3.63) is 84.7 Å². The Kier molecular flexibility index (Phi) is 6.90. The number of hydrogen-bond acceptors (Lipinski definition) is 7. The molecule has 3 aromatic rings. The maximum absolute atomic E-state index is 13.3. The van der Waals surface area contributed by atoms with Gasteiger partial charge < -0.3 is 9.64 Å². The molecule has 1 fully saturated rings. The van der Waals surface area contributed by atoms with Gasteiger partial charge in [0, 0.05) is 18.9 Å². The lowest BCUT2D eigenvalue weighted by atomic mass is 10.1. The summed E-state index contributed by atoms with van der Waals surface area (Å²) >= 11 is 0. The summed E-state index contributed by atoms with van der Waals surface area (Å²) in [6.07, 6.45) is 2.93. The van der Waals surface area contributed by atoms with E-state index < -0.39 is 33.8 Å². The van der Waals surface area contributed by atoms with Crippen LogP contribution in [0.3, 0.4) is 0 Å². The number of sulfonamides is 1. The fraction of sp³-hybridized carbons (Fsp3) is 0.167. The molecule has 10 nitrogen and oxygen atoms in total. The summed E-state index contributed by atoms with van der Waals surface area (Å²) in [7, 11) is -3.93. The van der Waals surface area contributed by atoms with Crippen LogP contribution in [0.4, 0.5) is 5.69 Å². The number of primary sulfonamides is 1. The predicted octanol–water partition coefficient (Wildman–Crippen LogP) is 1.47. The van der Waals surface area contributed by atoms with Gasteiger partial charge in [-0.2, -0.15) is 0 Å². The zero-order valence-electron chi connectivity index (χ0n) is 18.5. The molecule has 1 aromatic heterocycles. The van der Waals surface area contributed by atoms with Crippen LogP contribution in [0.25, 0.3) is 0 Å². The van der Waals surface area contributed by atoms with E-state index >= 15 is 0 Å². The number of pyridine rings is 1. The molecule has 1 atom stereocenters. The molecule has 180 valence electrons. The number of benzene rings is 2. The second-order valence-electron chi connectivity index (χ2n) is 7.81. The van der Waals surface area contributed by atoms with Crippen LogP contribution in [0, 0.1) is 0 Å². The molecule has 2 aromatic carbocycles. The number of aromatic nitrogens is 1. The van der Waals surface area contributed by atoms with Crippen LogP contribution in [0.2, 0.25) is 0 Å². The highest BCUT2D eigenvalue weighted by molar-refractivity contribution is 7.89. The van der Waals surface area contributed by atoms with Crippen molar-refractivity contribution in [2.45, 2.75) is 23.9 Å². The average Bonchev–Trinajstić information content (AvgIpc) is 3.15. The van der Waals surface area contributed by atoms with Crippen molar-refractivity contribution in [3.63, 3.8) is 0 Å². The van der Waals surface area contributed by atoms with E-state index in [4.69, 9.17) is 9.88 Å². The monoisotopic (exact) mass is 494 g/mol. The van der Waals surface area contributed by atoms with E-state index in [2.05, 4.69) is 4.98 Å². The van der Waals surface area contributed by atoms with Crippen molar-refractivity contribution < 1.29 is 27.5 Å². The topological polar surface area (TPSA) is 140 Å². The molecule has 2 heterocycles. The number of ether oxygens (including phenoxy) is 1. The van der Waals surface area contributed by atoms with Crippen molar-refractivity contribution in [3.8, 4) is 5.75 Å². The number of hydrogen-bond donors (Lipinski definition) is 1. The summed E-state index contributed by atoms with van der Waals surface area (Å²) < 4.78 is 28.6. The first-order valence-electron chi connectivity index (χ1n) is 10.6. The summed E-state index contributed by atoms with van der Waals surface area (Å²) in [5.74, 6) is -1.10. The molecule has 1 saturated heterocycles. The van der Waals surface area contributed by atoms with E-state index in [1.165, 1.54) is 29.2 Å². The van der Waals surface area contributed by atoms with E-state index in [0.717, 1.165) is 4.90 Å². The van der Waals surface area contributed by atoms with Gasteiger partial charge in [0.25, 0.3) is 11.8 Å². The van der Waals surface area contributed by atoms with Crippen molar-refractivity contribution in [1.82, 2.24) is 9.88 Å². The van der Waals surface area contributed by atoms with E-state index in [-0.39, 0.29) is 30.2 Å². The van der Waals surface area contributed by atoms with Gasteiger partial charge in [0.05, 0.1) is 17.0 Å². The van der Waals surface area contributed by atoms with Crippen LogP contribution in [0.15, 0.2) is 84.0 Å². The van der Waals surface area contributed by atoms with Crippen molar-refractivity contribution in [1.29, 1.82) is 0 Å². The standard InChI is InChI=1S/C24H22N4O6S/c25-35(32,33)20-10-8-18(9-11-20)28-22(29)13-21(24(28)31)27(15-17-5-4-12-26-14-17)23(30)16-34-19-6-2-1-3-7-19/h1-12,14,21H,13,15-16H2,(H2,25,32,33). The van der Waals surface area contributed by atoms with Gasteiger partial charge in [-0.05, 0) is 48.0 Å². The molecule has 0 radical (unpaired) electrons. The number of anilines is 1. The normalized spacial score (nSPS) is 15.8. The summed E-state index contributed by atoms with van der Waals surface area (Å²) in [6.45, 7) is -0.280. The Morgan fingerprint density at radius 2 is 1.77 bits per heavy atom. The zero-order valence-corrected chi connectivity index (χ0v) is 19.3. The smallest absolute Gasteiger partial charge is 0.261 e. The van der Waals surface area contributed by atoms with Gasteiger partial charge in [-0.15, -0.1) is 0 Å². The lowest BCUT2D eigenvalue weighted by Gasteiger charge is -2.27. The summed E-state index contributed by atoms with van der Waals surface area (Å²) in [4.78, 5) is 45.5. The third kappa shape index (κ3) is 5.53. The molecule has 1 aliphatic heterocycles. The fourth-order valence-electron chi connectivity index (χ4n) is 3.72. The van der Waals surface area contributed by atoms with Gasteiger partial charge in [-0.3, -0.25) is 19.4 Å². The SMILES string of the molecule is NS(=O)(=O)c1ccc(N2C(=O)CC(N(Cc3cccnc3)C(=O)COc3ccccc3)C2=O)cc1. The van der Waals surface area contributed by atoms with Crippen molar-refractivity contribution >= 4 is 33.4 Å². The van der Waals surface area contributed by atoms with Gasteiger partial charge in [-0.25, -0.2) is 18.5 Å². The molecule has 0 aliphatic carbocycles. The molecule has 1 aliphatic rings. The Morgan fingerprint density at radius 3 is 2.40 bits per heavy atom. The number of amides is 3. The molecule has 2 N–H and O–H groups in total. The quantitative estimate of drug-likeness (QED) is 0.468. The van der Waals surface area contributed by atoms with Crippen molar-refractivity contribution in [2.75, 3.05) is 11.5 Å². The lowest BCUT2D eigenvalue weighted by molar-refractivity contribution is -0.140. The second-order valence-corrected chi connectivity index (χ2v) is 9.37. The Hall–Kier alpha value is -4.09. The minimum absolute atomic E-state index is 0.0483. The van der Waals surface area contributed by atoms with E-state index in [1.54, 1.807) is 48.8 Å². The van der Waals surface area contributed by atoms with Gasteiger partial charge in [-0.1, -0.05) is 24.3 Å². The number of rotatable bonds is 8. The van der Waals surface area contributed by atoms with Crippen LogP contribution in [0.5, 0.6) is 5.75 Å². The van der Waals surface area contributed by atoms with Crippen LogP contribution in [-0.4, -0.2) is 48.7 Å². The van der Waals surface area contributed by atoms with E-state index in [1.807, 2.05) is 6.07 Å². The first-order valence-corrected chi connectivity index (χ1v) is 12.1. The lowest BCUT2D eigenvalue weighted by Crippen LogP contribution is -2.46. The minimum atomic E-state index is -3.93. The number of para-hydroxylation sites is 1. The van der Waals surface area contributed by atoms with Crippen LogP contribution in [-0.2, 0) is 31.0 Å². The Morgan fingerprint density at radius 1 is 1.06 bits per heavy atom. The molecule has 35 heavy (non-hydrogen) atoms. The zero-order chi connectivity index (χ0) is 25.0. The van der Waals surface area contributed by atoms with Crippen LogP contribution >= 0.6 is 0 Å². The molecular formula is C24H22N4O6S. The largest absolute Gasteiger partial charge is 0.484 e. The number of imide groups is 1. The van der Waals surface area contributed by atoms with E-state index in [9.17, 15) is 22.8 Å². The maximum atomic E-state index is 13.3. The molecule has 0 bridgehead atoms. The molecule has 0 saturated carbocycles. The maximum Gasteiger partial charge on any atom is 0.261 e. The molecule has 3 amide bonds. The van der Waals surface area contributed by atoms with Crippen LogP contribution in [0.1, 0.15) is 12.0 Å². The van der Waals surface area contributed by atoms with Gasteiger partial charge in [0.15, 0.2) is 6.61 Å². The predicted molar refractivity (Wildman–Crippen MR) is 125 cm³/mol. The fourth-order valence-corrected chi connectivity index (χ4v) is 4.24. The van der Waals surface area contributed by atoms with Crippen LogP contribution < -0.4 is 14.8 Å². The van der Waals surface area contributed by atoms with Gasteiger partial charge >= 0.3 is 0 Å². The third-order valence-corrected chi connectivity index (χ3v) is 6.35. The molecule has 4 rings (SSSR count). The first-order chi connectivity index (χ1) is 16.7. The first kappa shape index (κ1) is 24.0. The summed E-state index contributed by atoms with van der Waals surface area (Å²) in [6, 6.07) is 16.2. The highest BCUT2D eigenvalue weighted by atomic mass is 32.2. The number of nitrogens with two attached hydrogens (primary N) is 1. The summed E-state index contributed by atoms with van der Waals surface area (Å²) in [5, 5.41) is 5.12. The van der Waals surface area contributed by atoms with E-state index in [0.29, 0.717) is 11.3 Å². The molecule has 1 unspecified atom stereocenters. The number of carbonyl (C=O) groups excluding carboxylic acids is 3. The third-order valence-electron chi connectivity index (χ3n) is 5.42.